The quantitative estimate of drug-likeness (QED) is 0.833. The third kappa shape index (κ3) is 1.92. The number of aromatic nitrogens is 1. The molecule has 2 aromatic rings. The minimum Gasteiger partial charge on any atom is -0.505 e. The van der Waals surface area contributed by atoms with Crippen molar-refractivity contribution in [1.29, 1.82) is 0 Å². The summed E-state index contributed by atoms with van der Waals surface area (Å²) in [6, 6.07) is 7.59. The van der Waals surface area contributed by atoms with Gasteiger partial charge in [-0.2, -0.15) is 0 Å². The first-order valence-electron chi connectivity index (χ1n) is 4.96. The van der Waals surface area contributed by atoms with E-state index in [0.29, 0.717) is 18.7 Å². The standard InChI is InChI=1S/C12H13NO2/c1-2-15-8-10-6-5-9-4-3-7-13-11(9)12(10)14/h3-7,14H,2,8H2,1H3. The van der Waals surface area contributed by atoms with Gasteiger partial charge < -0.3 is 9.84 Å². The van der Waals surface area contributed by atoms with Crippen LogP contribution < -0.4 is 0 Å². The number of nitrogens with zero attached hydrogens (tertiary/aromatic N) is 1. The van der Waals surface area contributed by atoms with E-state index < -0.39 is 0 Å². The van der Waals surface area contributed by atoms with Crippen LogP contribution in [0.25, 0.3) is 10.9 Å². The number of fused-ring (bicyclic) bond motifs is 1. The molecular weight excluding hydrogens is 190 g/mol. The highest BCUT2D eigenvalue weighted by Gasteiger charge is 2.06. The normalized spacial score (nSPS) is 10.7. The topological polar surface area (TPSA) is 42.4 Å². The van der Waals surface area contributed by atoms with Crippen molar-refractivity contribution >= 4 is 10.9 Å². The number of pyridine rings is 1. The largest absolute Gasteiger partial charge is 0.505 e. The van der Waals surface area contributed by atoms with Gasteiger partial charge in [0.15, 0.2) is 0 Å². The van der Waals surface area contributed by atoms with Crippen molar-refractivity contribution in [3.8, 4) is 5.75 Å². The average molecular weight is 203 g/mol. The Bertz CT molecular complexity index is 468. The van der Waals surface area contributed by atoms with E-state index in [0.717, 1.165) is 10.9 Å². The van der Waals surface area contributed by atoms with E-state index >= 15 is 0 Å². The zero-order valence-electron chi connectivity index (χ0n) is 8.60. The molecular formula is C12H13NO2. The van der Waals surface area contributed by atoms with Crippen LogP contribution in [0.2, 0.25) is 0 Å². The van der Waals surface area contributed by atoms with E-state index in [4.69, 9.17) is 4.74 Å². The molecule has 0 aliphatic carbocycles. The molecule has 1 N–H and O–H groups in total. The van der Waals surface area contributed by atoms with Crippen molar-refractivity contribution in [2.75, 3.05) is 6.61 Å². The molecule has 0 amide bonds. The molecule has 0 bridgehead atoms. The Labute approximate surface area is 88.3 Å². The molecule has 0 aliphatic rings. The summed E-state index contributed by atoms with van der Waals surface area (Å²) in [5, 5.41) is 10.9. The highest BCUT2D eigenvalue weighted by atomic mass is 16.5. The average Bonchev–Trinajstić information content (AvgIpc) is 2.29. The number of ether oxygens (including phenoxy) is 1. The number of hydrogen-bond acceptors (Lipinski definition) is 3. The molecule has 1 aromatic heterocycles. The van der Waals surface area contributed by atoms with Gasteiger partial charge in [0, 0.05) is 23.8 Å². The summed E-state index contributed by atoms with van der Waals surface area (Å²) in [6.45, 7) is 2.99. The Morgan fingerprint density at radius 3 is 3.00 bits per heavy atom. The molecule has 0 atom stereocenters. The SMILES string of the molecule is CCOCc1ccc2cccnc2c1O. The monoisotopic (exact) mass is 203 g/mol. The summed E-state index contributed by atoms with van der Waals surface area (Å²) < 4.78 is 5.26. The molecule has 78 valence electrons. The number of rotatable bonds is 3. The van der Waals surface area contributed by atoms with Crippen molar-refractivity contribution < 1.29 is 9.84 Å². The van der Waals surface area contributed by atoms with Crippen molar-refractivity contribution in [1.82, 2.24) is 4.98 Å². The Kier molecular flexibility index (Phi) is 2.83. The number of benzene rings is 1. The highest BCUT2D eigenvalue weighted by Crippen LogP contribution is 2.26. The Balaban J connectivity index is 2.45. The first kappa shape index (κ1) is 9.93. The van der Waals surface area contributed by atoms with Crippen molar-refractivity contribution in [2.45, 2.75) is 13.5 Å². The van der Waals surface area contributed by atoms with E-state index in [1.807, 2.05) is 31.2 Å². The molecule has 2 rings (SSSR count). The number of phenolic OH excluding ortho intramolecular Hbond substituents is 1. The molecule has 3 heteroatoms. The van der Waals surface area contributed by atoms with Gasteiger partial charge in [-0.05, 0) is 13.0 Å². The van der Waals surface area contributed by atoms with Crippen LogP contribution in [0.5, 0.6) is 5.75 Å². The number of aromatic hydroxyl groups is 1. The Morgan fingerprint density at radius 2 is 2.20 bits per heavy atom. The summed E-state index contributed by atoms with van der Waals surface area (Å²) >= 11 is 0. The van der Waals surface area contributed by atoms with Crippen LogP contribution in [0.15, 0.2) is 30.5 Å². The Morgan fingerprint density at radius 1 is 1.33 bits per heavy atom. The van der Waals surface area contributed by atoms with E-state index in [2.05, 4.69) is 4.98 Å². The lowest BCUT2D eigenvalue weighted by Gasteiger charge is -2.06. The van der Waals surface area contributed by atoms with Crippen LogP contribution in [0.1, 0.15) is 12.5 Å². The van der Waals surface area contributed by atoms with Gasteiger partial charge in [-0.3, -0.25) is 4.98 Å². The lowest BCUT2D eigenvalue weighted by Crippen LogP contribution is -1.93. The Hall–Kier alpha value is -1.61. The molecule has 15 heavy (non-hydrogen) atoms. The summed E-state index contributed by atoms with van der Waals surface area (Å²) in [7, 11) is 0. The molecule has 0 saturated carbocycles. The summed E-state index contributed by atoms with van der Waals surface area (Å²) in [4.78, 5) is 4.14. The first-order chi connectivity index (χ1) is 7.33. The van der Waals surface area contributed by atoms with Gasteiger partial charge in [0.2, 0.25) is 0 Å². The molecule has 0 aliphatic heterocycles. The van der Waals surface area contributed by atoms with E-state index in [9.17, 15) is 5.11 Å². The number of phenols is 1. The summed E-state index contributed by atoms with van der Waals surface area (Å²) in [5.74, 6) is 0.224. The zero-order valence-corrected chi connectivity index (χ0v) is 8.60. The number of hydrogen-bond donors (Lipinski definition) is 1. The molecule has 1 heterocycles. The third-order valence-electron chi connectivity index (χ3n) is 2.29. The lowest BCUT2D eigenvalue weighted by atomic mass is 10.1. The van der Waals surface area contributed by atoms with Crippen molar-refractivity contribution in [2.24, 2.45) is 0 Å². The smallest absolute Gasteiger partial charge is 0.147 e. The van der Waals surface area contributed by atoms with Gasteiger partial charge in [-0.25, -0.2) is 0 Å². The molecule has 0 spiro atoms. The van der Waals surface area contributed by atoms with Crippen LogP contribution in [0.3, 0.4) is 0 Å². The molecule has 0 saturated heterocycles. The summed E-state index contributed by atoms with van der Waals surface area (Å²) in [5.41, 5.74) is 1.41. The maximum atomic E-state index is 9.93. The minimum absolute atomic E-state index is 0.224. The van der Waals surface area contributed by atoms with Gasteiger partial charge >= 0.3 is 0 Å². The maximum Gasteiger partial charge on any atom is 0.147 e. The summed E-state index contributed by atoms with van der Waals surface area (Å²) in [6.07, 6.45) is 1.67. The molecule has 0 radical (unpaired) electrons. The first-order valence-corrected chi connectivity index (χ1v) is 4.96. The molecule has 0 fully saturated rings. The van der Waals surface area contributed by atoms with Crippen LogP contribution in [0.4, 0.5) is 0 Å². The lowest BCUT2D eigenvalue weighted by molar-refractivity contribution is 0.132. The predicted octanol–water partition coefficient (Wildman–Crippen LogP) is 2.48. The van der Waals surface area contributed by atoms with Crippen molar-refractivity contribution in [3.05, 3.63) is 36.0 Å². The van der Waals surface area contributed by atoms with Crippen molar-refractivity contribution in [3.63, 3.8) is 0 Å². The van der Waals surface area contributed by atoms with E-state index in [-0.39, 0.29) is 5.75 Å². The second-order valence-electron chi connectivity index (χ2n) is 3.29. The molecule has 1 aromatic carbocycles. The van der Waals surface area contributed by atoms with Crippen LogP contribution in [-0.2, 0) is 11.3 Å². The maximum absolute atomic E-state index is 9.93. The van der Waals surface area contributed by atoms with Crippen LogP contribution in [-0.4, -0.2) is 16.7 Å². The highest BCUT2D eigenvalue weighted by molar-refractivity contribution is 5.85. The zero-order chi connectivity index (χ0) is 10.7. The van der Waals surface area contributed by atoms with Crippen LogP contribution >= 0.6 is 0 Å². The van der Waals surface area contributed by atoms with E-state index in [1.165, 1.54) is 0 Å². The fourth-order valence-corrected chi connectivity index (χ4v) is 1.50. The fourth-order valence-electron chi connectivity index (χ4n) is 1.50. The van der Waals surface area contributed by atoms with Gasteiger partial charge in [-0.15, -0.1) is 0 Å². The second-order valence-corrected chi connectivity index (χ2v) is 3.29. The van der Waals surface area contributed by atoms with E-state index in [1.54, 1.807) is 6.20 Å². The van der Waals surface area contributed by atoms with Crippen LogP contribution in [0, 0.1) is 0 Å². The van der Waals surface area contributed by atoms with Gasteiger partial charge in [0.1, 0.15) is 11.3 Å². The molecule has 3 nitrogen and oxygen atoms in total. The third-order valence-corrected chi connectivity index (χ3v) is 2.29. The fraction of sp³-hybridized carbons (Fsp3) is 0.250. The van der Waals surface area contributed by atoms with Gasteiger partial charge in [-0.1, -0.05) is 18.2 Å². The van der Waals surface area contributed by atoms with Gasteiger partial charge in [0.25, 0.3) is 0 Å². The minimum atomic E-state index is 0.224. The second kappa shape index (κ2) is 4.28. The predicted molar refractivity (Wildman–Crippen MR) is 58.7 cm³/mol. The van der Waals surface area contributed by atoms with Gasteiger partial charge in [0.05, 0.1) is 6.61 Å². The molecule has 0 unspecified atom stereocenters.